The summed E-state index contributed by atoms with van der Waals surface area (Å²) in [6.45, 7) is -1.31. The van der Waals surface area contributed by atoms with Gasteiger partial charge in [-0.3, -0.25) is 0 Å². The second kappa shape index (κ2) is 6.82. The maximum Gasteiger partial charge on any atom is 0.406 e. The highest BCUT2D eigenvalue weighted by atomic mass is 19.4. The van der Waals surface area contributed by atoms with Crippen LogP contribution in [-0.4, -0.2) is 42.8 Å². The van der Waals surface area contributed by atoms with Crippen molar-refractivity contribution < 1.29 is 18.0 Å². The minimum absolute atomic E-state index is 0.000224. The van der Waals surface area contributed by atoms with E-state index in [0.29, 0.717) is 0 Å². The van der Waals surface area contributed by atoms with Gasteiger partial charge in [-0.2, -0.15) is 13.2 Å². The maximum atomic E-state index is 12.3. The predicted octanol–water partition coefficient (Wildman–Crippen LogP) is 1.85. The van der Waals surface area contributed by atoms with Crippen molar-refractivity contribution in [1.82, 2.24) is 10.2 Å². The van der Waals surface area contributed by atoms with Crippen molar-refractivity contribution in [3.63, 3.8) is 0 Å². The molecule has 1 fully saturated rings. The third-order valence-electron chi connectivity index (χ3n) is 2.99. The van der Waals surface area contributed by atoms with Crippen molar-refractivity contribution in [3.05, 3.63) is 0 Å². The highest BCUT2D eigenvalue weighted by Crippen LogP contribution is 2.19. The van der Waals surface area contributed by atoms with Crippen molar-refractivity contribution in [3.8, 4) is 0 Å². The van der Waals surface area contributed by atoms with E-state index in [1.807, 2.05) is 0 Å². The van der Waals surface area contributed by atoms with Gasteiger partial charge in [-0.15, -0.1) is 0 Å². The summed E-state index contributed by atoms with van der Waals surface area (Å²) in [6, 6.07) is -0.663. The number of amides is 2. The van der Waals surface area contributed by atoms with E-state index < -0.39 is 18.8 Å². The molecule has 3 N–H and O–H groups in total. The van der Waals surface area contributed by atoms with Crippen LogP contribution in [0, 0.1) is 0 Å². The Morgan fingerprint density at radius 1 is 1.28 bits per heavy atom. The number of hydrogen-bond acceptors (Lipinski definition) is 2. The summed E-state index contributed by atoms with van der Waals surface area (Å²) in [5, 5.41) is 2.66. The van der Waals surface area contributed by atoms with Crippen LogP contribution in [0.4, 0.5) is 18.0 Å². The Morgan fingerprint density at radius 2 is 1.89 bits per heavy atom. The molecule has 0 aromatic rings. The van der Waals surface area contributed by atoms with E-state index in [2.05, 4.69) is 5.32 Å². The lowest BCUT2D eigenvalue weighted by atomic mass is 9.96. The molecule has 0 aromatic carbocycles. The van der Waals surface area contributed by atoms with Crippen molar-refractivity contribution >= 4 is 6.03 Å². The minimum Gasteiger partial charge on any atom is -0.335 e. The second-order valence-electron chi connectivity index (χ2n) is 4.61. The van der Waals surface area contributed by atoms with Gasteiger partial charge in [-0.25, -0.2) is 4.79 Å². The molecule has 0 unspecified atom stereocenters. The van der Waals surface area contributed by atoms with Crippen molar-refractivity contribution in [1.29, 1.82) is 0 Å². The molecule has 0 atom stereocenters. The van der Waals surface area contributed by atoms with Crippen molar-refractivity contribution in [2.24, 2.45) is 5.73 Å². The molecule has 1 aliphatic carbocycles. The summed E-state index contributed by atoms with van der Waals surface area (Å²) in [6.07, 6.45) is 0.450. The summed E-state index contributed by atoms with van der Waals surface area (Å²) in [4.78, 5) is 12.5. The quantitative estimate of drug-likeness (QED) is 0.816. The Balaban J connectivity index is 2.47. The van der Waals surface area contributed by atoms with E-state index in [1.165, 1.54) is 0 Å². The highest BCUT2D eigenvalue weighted by molar-refractivity contribution is 5.74. The van der Waals surface area contributed by atoms with E-state index in [0.717, 1.165) is 37.0 Å². The normalized spacial score (nSPS) is 17.6. The third-order valence-corrected chi connectivity index (χ3v) is 2.99. The van der Waals surface area contributed by atoms with Gasteiger partial charge in [0.05, 0.1) is 0 Å². The number of halogens is 3. The lowest BCUT2D eigenvalue weighted by Crippen LogP contribution is -2.50. The van der Waals surface area contributed by atoms with Gasteiger partial charge in [0, 0.05) is 19.1 Å². The first-order chi connectivity index (χ1) is 8.42. The molecule has 4 nitrogen and oxygen atoms in total. The molecule has 0 aliphatic heterocycles. The molecule has 0 saturated heterocycles. The first-order valence-electron chi connectivity index (χ1n) is 6.24. The van der Waals surface area contributed by atoms with Crippen molar-refractivity contribution in [2.75, 3.05) is 19.6 Å². The van der Waals surface area contributed by atoms with Crippen LogP contribution in [0.1, 0.15) is 32.1 Å². The first-order valence-corrected chi connectivity index (χ1v) is 6.24. The van der Waals surface area contributed by atoms with Crippen molar-refractivity contribution in [2.45, 2.75) is 44.3 Å². The molecule has 1 rings (SSSR count). The predicted molar refractivity (Wildman–Crippen MR) is 62.1 cm³/mol. The van der Waals surface area contributed by atoms with Gasteiger partial charge in [-0.1, -0.05) is 19.3 Å². The van der Waals surface area contributed by atoms with E-state index in [1.54, 1.807) is 0 Å². The Kier molecular flexibility index (Phi) is 5.71. The average Bonchev–Trinajstić information content (AvgIpc) is 2.28. The van der Waals surface area contributed by atoms with Gasteiger partial charge in [0.15, 0.2) is 0 Å². The molecule has 0 aromatic heterocycles. The van der Waals surface area contributed by atoms with Gasteiger partial charge in [0.25, 0.3) is 0 Å². The Bertz CT molecular complexity index is 265. The minimum atomic E-state index is -4.39. The monoisotopic (exact) mass is 267 g/mol. The lowest BCUT2D eigenvalue weighted by molar-refractivity contribution is -0.139. The molecule has 1 saturated carbocycles. The van der Waals surface area contributed by atoms with Crippen LogP contribution in [0.2, 0.25) is 0 Å². The molecule has 0 heterocycles. The molecule has 2 amide bonds. The number of carbonyl (C=O) groups is 1. The largest absolute Gasteiger partial charge is 0.406 e. The first kappa shape index (κ1) is 15.1. The van der Waals surface area contributed by atoms with Gasteiger partial charge in [-0.05, 0) is 12.8 Å². The molecule has 7 heteroatoms. The van der Waals surface area contributed by atoms with Gasteiger partial charge in [0.1, 0.15) is 6.54 Å². The summed E-state index contributed by atoms with van der Waals surface area (Å²) < 4.78 is 36.9. The topological polar surface area (TPSA) is 58.4 Å². The smallest absolute Gasteiger partial charge is 0.335 e. The van der Waals surface area contributed by atoms with E-state index in [4.69, 9.17) is 5.73 Å². The molecule has 0 radical (unpaired) electrons. The average molecular weight is 267 g/mol. The molecule has 0 spiro atoms. The van der Waals surface area contributed by atoms with Crippen LogP contribution in [0.3, 0.4) is 0 Å². The number of nitrogens with zero attached hydrogens (tertiary/aromatic N) is 1. The van der Waals surface area contributed by atoms with Crippen LogP contribution in [0.15, 0.2) is 0 Å². The van der Waals surface area contributed by atoms with Crippen LogP contribution >= 0.6 is 0 Å². The van der Waals surface area contributed by atoms with E-state index in [9.17, 15) is 18.0 Å². The Morgan fingerprint density at radius 3 is 2.39 bits per heavy atom. The summed E-state index contributed by atoms with van der Waals surface area (Å²) in [7, 11) is 0. The third kappa shape index (κ3) is 5.57. The highest BCUT2D eigenvalue weighted by Gasteiger charge is 2.33. The molecular weight excluding hydrogens is 247 g/mol. The summed E-state index contributed by atoms with van der Waals surface area (Å²) >= 11 is 0. The molecule has 106 valence electrons. The molecule has 1 aliphatic rings. The Labute approximate surface area is 105 Å². The molecule has 18 heavy (non-hydrogen) atoms. The number of nitrogens with one attached hydrogen (secondary N) is 1. The fraction of sp³-hybridized carbons (Fsp3) is 0.909. The number of urea groups is 1. The zero-order valence-electron chi connectivity index (χ0n) is 10.3. The number of rotatable bonds is 4. The lowest BCUT2D eigenvalue weighted by Gasteiger charge is -2.28. The molecular formula is C11H20F3N3O. The number of carbonyl (C=O) groups excluding carboxylic acids is 1. The summed E-state index contributed by atoms with van der Waals surface area (Å²) in [5.74, 6) is 0. The van der Waals surface area contributed by atoms with Gasteiger partial charge >= 0.3 is 12.2 Å². The number of nitrogens with two attached hydrogens (primary N) is 1. The summed E-state index contributed by atoms with van der Waals surface area (Å²) in [5.41, 5.74) is 5.23. The standard InChI is InChI=1S/C11H20F3N3O/c12-11(13,14)8-17(7-6-15)10(18)16-9-4-2-1-3-5-9/h9H,1-8,15H2,(H,16,18). The van der Waals surface area contributed by atoms with E-state index in [-0.39, 0.29) is 19.1 Å². The fourth-order valence-corrected chi connectivity index (χ4v) is 2.14. The Hall–Kier alpha value is -0.980. The molecule has 0 bridgehead atoms. The number of hydrogen-bond donors (Lipinski definition) is 2. The zero-order valence-corrected chi connectivity index (χ0v) is 10.3. The maximum absolute atomic E-state index is 12.3. The van der Waals surface area contributed by atoms with Gasteiger partial charge in [0.2, 0.25) is 0 Å². The van der Waals surface area contributed by atoms with Crippen LogP contribution in [-0.2, 0) is 0 Å². The zero-order chi connectivity index (χ0) is 13.6. The van der Waals surface area contributed by atoms with Crippen LogP contribution < -0.4 is 11.1 Å². The second-order valence-corrected chi connectivity index (χ2v) is 4.61. The number of alkyl halides is 3. The fourth-order valence-electron chi connectivity index (χ4n) is 2.14. The van der Waals surface area contributed by atoms with Crippen LogP contribution in [0.25, 0.3) is 0 Å². The van der Waals surface area contributed by atoms with Gasteiger partial charge < -0.3 is 16.0 Å². The van der Waals surface area contributed by atoms with E-state index >= 15 is 0 Å². The SMILES string of the molecule is NCCN(CC(F)(F)F)C(=O)NC1CCCCC1. The van der Waals surface area contributed by atoms with Crippen LogP contribution in [0.5, 0.6) is 0 Å².